The van der Waals surface area contributed by atoms with Gasteiger partial charge in [-0.3, -0.25) is 0 Å². The van der Waals surface area contributed by atoms with Gasteiger partial charge in [0.2, 0.25) is 0 Å². The van der Waals surface area contributed by atoms with Crippen LogP contribution in [0.4, 0.5) is 0 Å². The molecule has 1 aromatic carbocycles. The molecule has 2 aromatic rings. The first kappa shape index (κ1) is 14.3. The zero-order valence-electron chi connectivity index (χ0n) is 11.4. The maximum absolute atomic E-state index is 5.95. The van der Waals surface area contributed by atoms with Gasteiger partial charge in [-0.2, -0.15) is 0 Å². The van der Waals surface area contributed by atoms with Crippen LogP contribution in [0.3, 0.4) is 0 Å². The van der Waals surface area contributed by atoms with Gasteiger partial charge in [0, 0.05) is 18.3 Å². The largest absolute Gasteiger partial charge is 0.485 e. The van der Waals surface area contributed by atoms with E-state index in [0.29, 0.717) is 6.61 Å². The van der Waals surface area contributed by atoms with Crippen molar-refractivity contribution in [2.75, 3.05) is 12.4 Å². The van der Waals surface area contributed by atoms with E-state index in [1.807, 2.05) is 42.0 Å². The topological polar surface area (TPSA) is 49.2 Å². The maximum atomic E-state index is 5.95. The van der Waals surface area contributed by atoms with Crippen molar-refractivity contribution in [3.63, 3.8) is 0 Å². The predicted molar refractivity (Wildman–Crippen MR) is 82.0 cm³/mol. The van der Waals surface area contributed by atoms with Crippen LogP contribution in [0.1, 0.15) is 11.9 Å². The lowest BCUT2D eigenvalue weighted by atomic mass is 10.2. The van der Waals surface area contributed by atoms with E-state index in [1.54, 1.807) is 11.8 Å². The minimum absolute atomic E-state index is 0.254. The Morgan fingerprint density at radius 1 is 1.38 bits per heavy atom. The van der Waals surface area contributed by atoms with Gasteiger partial charge in [-0.05, 0) is 12.1 Å². The Balaban J connectivity index is 1.76. The molecule has 0 spiro atoms. The summed E-state index contributed by atoms with van der Waals surface area (Å²) in [5, 5.41) is 9.22. The monoisotopic (exact) mass is 323 g/mol. The highest BCUT2D eigenvalue weighted by Gasteiger charge is 2.27. The van der Waals surface area contributed by atoms with E-state index in [-0.39, 0.29) is 6.10 Å². The van der Waals surface area contributed by atoms with Crippen LogP contribution in [-0.4, -0.2) is 27.1 Å². The number of halogens is 1. The molecule has 1 aromatic heterocycles. The summed E-state index contributed by atoms with van der Waals surface area (Å²) in [7, 11) is 1.92. The number of para-hydroxylation sites is 2. The Bertz CT molecular complexity index is 659. The van der Waals surface area contributed by atoms with Crippen LogP contribution in [0, 0.1) is 0 Å². The van der Waals surface area contributed by atoms with Gasteiger partial charge < -0.3 is 14.0 Å². The molecular formula is C14H14ClN3O2S. The molecular weight excluding hydrogens is 310 g/mol. The molecule has 1 unspecified atom stereocenters. The second-order valence-corrected chi connectivity index (χ2v) is 5.68. The van der Waals surface area contributed by atoms with Gasteiger partial charge in [-0.25, -0.2) is 0 Å². The number of fused-ring (bicyclic) bond motifs is 1. The van der Waals surface area contributed by atoms with Crippen molar-refractivity contribution in [3.05, 3.63) is 41.7 Å². The van der Waals surface area contributed by atoms with Gasteiger partial charge in [-0.15, -0.1) is 10.2 Å². The van der Waals surface area contributed by atoms with Crippen molar-refractivity contribution in [2.24, 2.45) is 7.05 Å². The van der Waals surface area contributed by atoms with E-state index < -0.39 is 0 Å². The van der Waals surface area contributed by atoms with Crippen molar-refractivity contribution in [2.45, 2.75) is 11.3 Å². The van der Waals surface area contributed by atoms with Crippen molar-refractivity contribution in [1.82, 2.24) is 14.8 Å². The molecule has 7 heteroatoms. The predicted octanol–water partition coefficient (Wildman–Crippen LogP) is 3.17. The normalized spacial score (nSPS) is 17.3. The first-order chi connectivity index (χ1) is 10.3. The molecule has 110 valence electrons. The van der Waals surface area contributed by atoms with Crippen LogP contribution < -0.4 is 9.47 Å². The van der Waals surface area contributed by atoms with Gasteiger partial charge in [0.25, 0.3) is 0 Å². The summed E-state index contributed by atoms with van der Waals surface area (Å²) in [6, 6.07) is 7.62. The Kier molecular flexibility index (Phi) is 4.36. The van der Waals surface area contributed by atoms with Gasteiger partial charge in [0.1, 0.15) is 6.61 Å². The molecule has 2 heterocycles. The second-order valence-electron chi connectivity index (χ2n) is 4.44. The summed E-state index contributed by atoms with van der Waals surface area (Å²) in [6.45, 7) is 0.426. The van der Waals surface area contributed by atoms with E-state index >= 15 is 0 Å². The fraction of sp³-hybridized carbons (Fsp3) is 0.286. The maximum Gasteiger partial charge on any atom is 0.192 e. The lowest BCUT2D eigenvalue weighted by Gasteiger charge is -2.25. The van der Waals surface area contributed by atoms with E-state index in [9.17, 15) is 0 Å². The number of aromatic nitrogens is 3. The lowest BCUT2D eigenvalue weighted by molar-refractivity contribution is 0.0825. The van der Waals surface area contributed by atoms with Crippen molar-refractivity contribution < 1.29 is 9.47 Å². The molecule has 0 fully saturated rings. The van der Waals surface area contributed by atoms with Crippen LogP contribution >= 0.6 is 23.4 Å². The van der Waals surface area contributed by atoms with Crippen LogP contribution in [0.2, 0.25) is 0 Å². The minimum atomic E-state index is -0.254. The minimum Gasteiger partial charge on any atom is -0.485 e. The standard InChI is InChI=1S/C14H14ClN3O2S/c1-18-13(16-17-14(18)21-8-4-7-15)12-9-19-10-5-2-3-6-11(10)20-12/h2-7,12H,8-9H2,1H3/b7-4+. The molecule has 5 nitrogen and oxygen atoms in total. The smallest absolute Gasteiger partial charge is 0.192 e. The molecule has 0 radical (unpaired) electrons. The van der Waals surface area contributed by atoms with Crippen molar-refractivity contribution >= 4 is 23.4 Å². The zero-order chi connectivity index (χ0) is 14.7. The Morgan fingerprint density at radius 3 is 3.00 bits per heavy atom. The first-order valence-electron chi connectivity index (χ1n) is 6.45. The van der Waals surface area contributed by atoms with E-state index in [4.69, 9.17) is 21.1 Å². The average Bonchev–Trinajstić information content (AvgIpc) is 2.88. The number of rotatable bonds is 4. The quantitative estimate of drug-likeness (QED) is 0.809. The molecule has 0 saturated heterocycles. The van der Waals surface area contributed by atoms with E-state index in [1.165, 1.54) is 5.54 Å². The third kappa shape index (κ3) is 3.01. The van der Waals surface area contributed by atoms with Gasteiger partial charge in [0.05, 0.1) is 0 Å². The lowest BCUT2D eigenvalue weighted by Crippen LogP contribution is -2.24. The highest BCUT2D eigenvalue weighted by Crippen LogP contribution is 2.35. The third-order valence-electron chi connectivity index (χ3n) is 3.06. The summed E-state index contributed by atoms with van der Waals surface area (Å²) < 4.78 is 13.6. The number of hydrogen-bond donors (Lipinski definition) is 0. The third-order valence-corrected chi connectivity index (χ3v) is 4.21. The number of thioether (sulfide) groups is 1. The SMILES string of the molecule is Cn1c(SC/C=C/Cl)nnc1C1COc2ccccc2O1. The van der Waals surface area contributed by atoms with Crippen LogP contribution in [-0.2, 0) is 7.05 Å². The molecule has 1 atom stereocenters. The van der Waals surface area contributed by atoms with Gasteiger partial charge >= 0.3 is 0 Å². The summed E-state index contributed by atoms with van der Waals surface area (Å²) in [5.41, 5.74) is 1.50. The molecule has 0 N–H and O–H groups in total. The molecule has 21 heavy (non-hydrogen) atoms. The molecule has 0 amide bonds. The summed E-state index contributed by atoms with van der Waals surface area (Å²) >= 11 is 7.07. The summed E-state index contributed by atoms with van der Waals surface area (Å²) in [5.74, 6) is 3.00. The number of hydrogen-bond acceptors (Lipinski definition) is 5. The number of nitrogens with zero attached hydrogens (tertiary/aromatic N) is 3. The van der Waals surface area contributed by atoms with Gasteiger partial charge in [0.15, 0.2) is 28.6 Å². The zero-order valence-corrected chi connectivity index (χ0v) is 13.0. The molecule has 1 aliphatic heterocycles. The summed E-state index contributed by atoms with van der Waals surface area (Å²) in [4.78, 5) is 0. The Morgan fingerprint density at radius 2 is 2.19 bits per heavy atom. The fourth-order valence-corrected chi connectivity index (χ4v) is 2.96. The van der Waals surface area contributed by atoms with Crippen LogP contribution in [0.5, 0.6) is 11.5 Å². The van der Waals surface area contributed by atoms with Gasteiger partial charge in [-0.1, -0.05) is 41.6 Å². The molecule has 0 aliphatic carbocycles. The molecule has 1 aliphatic rings. The highest BCUT2D eigenvalue weighted by atomic mass is 35.5. The average molecular weight is 324 g/mol. The number of benzene rings is 1. The van der Waals surface area contributed by atoms with Crippen molar-refractivity contribution in [3.8, 4) is 11.5 Å². The first-order valence-corrected chi connectivity index (χ1v) is 7.87. The Hall–Kier alpha value is -1.66. The molecule has 3 rings (SSSR count). The van der Waals surface area contributed by atoms with E-state index in [2.05, 4.69) is 10.2 Å². The van der Waals surface area contributed by atoms with Crippen LogP contribution in [0.25, 0.3) is 0 Å². The second kappa shape index (κ2) is 6.41. The van der Waals surface area contributed by atoms with E-state index in [0.717, 1.165) is 28.2 Å². The summed E-state index contributed by atoms with van der Waals surface area (Å²) in [6.07, 6.45) is 1.60. The molecule has 0 bridgehead atoms. The molecule has 0 saturated carbocycles. The van der Waals surface area contributed by atoms with Crippen molar-refractivity contribution in [1.29, 1.82) is 0 Å². The highest BCUT2D eigenvalue weighted by molar-refractivity contribution is 7.99. The Labute approximate surface area is 131 Å². The number of ether oxygens (including phenoxy) is 2. The fourth-order valence-electron chi connectivity index (χ4n) is 2.04. The van der Waals surface area contributed by atoms with Crippen LogP contribution in [0.15, 0.2) is 41.0 Å².